The quantitative estimate of drug-likeness (QED) is 0.483. The Balaban J connectivity index is 1.67. The monoisotopic (exact) mass is 386 g/mol. The Morgan fingerprint density at radius 1 is 0.931 bits per heavy atom. The number of hydrogen-bond donors (Lipinski definition) is 1. The fourth-order valence-corrected chi connectivity index (χ4v) is 3.62. The number of nitrogens with zero attached hydrogens (tertiary/aromatic N) is 1. The molecule has 0 aliphatic rings. The molecule has 4 heteroatoms. The Morgan fingerprint density at radius 2 is 1.59 bits per heavy atom. The molecule has 0 aliphatic carbocycles. The predicted octanol–water partition coefficient (Wildman–Crippen LogP) is 5.49. The van der Waals surface area contributed by atoms with E-state index in [1.165, 1.54) is 12.1 Å². The Bertz CT molecular complexity index is 1140. The molecule has 1 amide bonds. The largest absolute Gasteiger partial charge is 0.343 e. The maximum atomic E-state index is 13.2. The second-order valence-corrected chi connectivity index (χ2v) is 7.76. The Morgan fingerprint density at radius 3 is 2.31 bits per heavy atom. The summed E-state index contributed by atoms with van der Waals surface area (Å²) in [6.45, 7) is 4.56. The second-order valence-electron chi connectivity index (χ2n) is 7.76. The normalized spacial score (nSPS) is 11.6. The van der Waals surface area contributed by atoms with Crippen LogP contribution in [0.3, 0.4) is 0 Å². The SMILES string of the molecule is CC(C)(NC(=O)c1cn(Cc2ccc(F)cc2)c2ccccc12)c1ccccc1. The highest BCUT2D eigenvalue weighted by Gasteiger charge is 2.25. The number of fused-ring (bicyclic) bond motifs is 1. The van der Waals surface area contributed by atoms with Gasteiger partial charge in [-0.1, -0.05) is 60.7 Å². The van der Waals surface area contributed by atoms with Gasteiger partial charge in [0.25, 0.3) is 5.91 Å². The Kier molecular flexibility index (Phi) is 4.93. The van der Waals surface area contributed by atoms with E-state index in [2.05, 4.69) is 5.32 Å². The molecule has 3 aromatic carbocycles. The van der Waals surface area contributed by atoms with Gasteiger partial charge in [-0.15, -0.1) is 0 Å². The van der Waals surface area contributed by atoms with Gasteiger partial charge in [-0.2, -0.15) is 0 Å². The molecule has 0 radical (unpaired) electrons. The van der Waals surface area contributed by atoms with Crippen LogP contribution in [0.1, 0.15) is 35.3 Å². The molecule has 1 N–H and O–H groups in total. The van der Waals surface area contributed by atoms with Gasteiger partial charge in [-0.05, 0) is 43.2 Å². The summed E-state index contributed by atoms with van der Waals surface area (Å²) < 4.78 is 15.3. The minimum absolute atomic E-state index is 0.118. The van der Waals surface area contributed by atoms with Crippen molar-refractivity contribution in [3.8, 4) is 0 Å². The number of carbonyl (C=O) groups is 1. The summed E-state index contributed by atoms with van der Waals surface area (Å²) in [7, 11) is 0. The first-order valence-corrected chi connectivity index (χ1v) is 9.64. The van der Waals surface area contributed by atoms with E-state index in [1.54, 1.807) is 12.1 Å². The van der Waals surface area contributed by atoms with E-state index in [-0.39, 0.29) is 11.7 Å². The minimum Gasteiger partial charge on any atom is -0.343 e. The van der Waals surface area contributed by atoms with Gasteiger partial charge < -0.3 is 9.88 Å². The van der Waals surface area contributed by atoms with Crippen LogP contribution < -0.4 is 5.32 Å². The summed E-state index contributed by atoms with van der Waals surface area (Å²) in [6, 6.07) is 24.2. The second kappa shape index (κ2) is 7.55. The highest BCUT2D eigenvalue weighted by molar-refractivity contribution is 6.07. The zero-order valence-electron chi connectivity index (χ0n) is 16.5. The lowest BCUT2D eigenvalue weighted by Crippen LogP contribution is -2.40. The predicted molar refractivity (Wildman–Crippen MR) is 114 cm³/mol. The summed E-state index contributed by atoms with van der Waals surface area (Å²) in [4.78, 5) is 13.2. The van der Waals surface area contributed by atoms with Crippen molar-refractivity contribution in [1.29, 1.82) is 0 Å². The average molecular weight is 386 g/mol. The van der Waals surface area contributed by atoms with E-state index in [1.807, 2.05) is 79.2 Å². The molecule has 146 valence electrons. The molecule has 4 aromatic rings. The number of carbonyl (C=O) groups excluding carboxylic acids is 1. The third-order valence-electron chi connectivity index (χ3n) is 5.22. The van der Waals surface area contributed by atoms with Crippen molar-refractivity contribution in [2.45, 2.75) is 25.9 Å². The van der Waals surface area contributed by atoms with Crippen molar-refractivity contribution in [1.82, 2.24) is 9.88 Å². The fourth-order valence-electron chi connectivity index (χ4n) is 3.62. The van der Waals surface area contributed by atoms with E-state index in [0.29, 0.717) is 12.1 Å². The van der Waals surface area contributed by atoms with Crippen LogP contribution in [0.5, 0.6) is 0 Å². The van der Waals surface area contributed by atoms with Crippen LogP contribution in [0.2, 0.25) is 0 Å². The third-order valence-corrected chi connectivity index (χ3v) is 5.22. The molecule has 4 rings (SSSR count). The zero-order valence-corrected chi connectivity index (χ0v) is 16.5. The molecule has 1 heterocycles. The maximum absolute atomic E-state index is 13.2. The first-order valence-electron chi connectivity index (χ1n) is 9.64. The highest BCUT2D eigenvalue weighted by Crippen LogP contribution is 2.25. The zero-order chi connectivity index (χ0) is 20.4. The lowest BCUT2D eigenvalue weighted by molar-refractivity contribution is 0.0913. The van der Waals surface area contributed by atoms with E-state index < -0.39 is 5.54 Å². The Labute approximate surface area is 169 Å². The molecule has 0 aliphatic heterocycles. The van der Waals surface area contributed by atoms with Gasteiger partial charge in [-0.3, -0.25) is 4.79 Å². The van der Waals surface area contributed by atoms with Crippen LogP contribution in [0, 0.1) is 5.82 Å². The molecule has 29 heavy (non-hydrogen) atoms. The number of hydrogen-bond acceptors (Lipinski definition) is 1. The molecule has 0 spiro atoms. The number of rotatable bonds is 5. The molecular formula is C25H23FN2O. The molecule has 0 saturated heterocycles. The smallest absolute Gasteiger partial charge is 0.254 e. The number of aromatic nitrogens is 1. The minimum atomic E-state index is -0.501. The van der Waals surface area contributed by atoms with Crippen molar-refractivity contribution in [3.63, 3.8) is 0 Å². The first kappa shape index (κ1) is 18.9. The van der Waals surface area contributed by atoms with Crippen molar-refractivity contribution in [2.24, 2.45) is 0 Å². The molecule has 0 fully saturated rings. The summed E-state index contributed by atoms with van der Waals surface area (Å²) in [5.41, 5.74) is 3.12. The van der Waals surface area contributed by atoms with E-state index >= 15 is 0 Å². The first-order chi connectivity index (χ1) is 13.9. The lowest BCUT2D eigenvalue weighted by atomic mass is 9.94. The van der Waals surface area contributed by atoms with Gasteiger partial charge in [0, 0.05) is 23.6 Å². The van der Waals surface area contributed by atoms with Crippen molar-refractivity contribution in [3.05, 3.63) is 108 Å². The van der Waals surface area contributed by atoms with E-state index in [9.17, 15) is 9.18 Å². The van der Waals surface area contributed by atoms with Crippen LogP contribution in [0.4, 0.5) is 4.39 Å². The lowest BCUT2D eigenvalue weighted by Gasteiger charge is -2.26. The van der Waals surface area contributed by atoms with Crippen molar-refractivity contribution < 1.29 is 9.18 Å². The standard InChI is InChI=1S/C25H23FN2O/c1-25(2,19-8-4-3-5-9-19)27-24(29)22-17-28(23-11-7-6-10-21(22)23)16-18-12-14-20(26)15-13-18/h3-15,17H,16H2,1-2H3,(H,27,29). The molecule has 0 atom stereocenters. The van der Waals surface area contributed by atoms with Crippen molar-refractivity contribution >= 4 is 16.8 Å². The summed E-state index contributed by atoms with van der Waals surface area (Å²) in [5.74, 6) is -0.373. The molecule has 1 aromatic heterocycles. The molecule has 0 bridgehead atoms. The van der Waals surface area contributed by atoms with Crippen molar-refractivity contribution in [2.75, 3.05) is 0 Å². The van der Waals surface area contributed by atoms with Gasteiger partial charge in [-0.25, -0.2) is 4.39 Å². The Hall–Kier alpha value is -3.40. The van der Waals surface area contributed by atoms with Gasteiger partial charge in [0.05, 0.1) is 11.1 Å². The summed E-state index contributed by atoms with van der Waals surface area (Å²) in [5, 5.41) is 4.06. The van der Waals surface area contributed by atoms with Crippen LogP contribution in [0.25, 0.3) is 10.9 Å². The number of halogens is 1. The van der Waals surface area contributed by atoms with Gasteiger partial charge in [0.1, 0.15) is 5.82 Å². The maximum Gasteiger partial charge on any atom is 0.254 e. The molecule has 3 nitrogen and oxygen atoms in total. The van der Waals surface area contributed by atoms with Crippen LogP contribution in [0.15, 0.2) is 85.1 Å². The van der Waals surface area contributed by atoms with Gasteiger partial charge >= 0.3 is 0 Å². The van der Waals surface area contributed by atoms with E-state index in [0.717, 1.165) is 22.0 Å². The molecule has 0 unspecified atom stereocenters. The summed E-state index contributed by atoms with van der Waals surface area (Å²) in [6.07, 6.45) is 1.88. The number of amides is 1. The third kappa shape index (κ3) is 3.92. The highest BCUT2D eigenvalue weighted by atomic mass is 19.1. The van der Waals surface area contributed by atoms with Gasteiger partial charge in [0.15, 0.2) is 0 Å². The van der Waals surface area contributed by atoms with Crippen LogP contribution in [-0.2, 0) is 12.1 Å². The van der Waals surface area contributed by atoms with E-state index in [4.69, 9.17) is 0 Å². The number of nitrogens with one attached hydrogen (secondary N) is 1. The van der Waals surface area contributed by atoms with Crippen LogP contribution >= 0.6 is 0 Å². The summed E-state index contributed by atoms with van der Waals surface area (Å²) >= 11 is 0. The number of benzene rings is 3. The van der Waals surface area contributed by atoms with Crippen LogP contribution in [-0.4, -0.2) is 10.5 Å². The molecule has 0 saturated carbocycles. The topological polar surface area (TPSA) is 34.0 Å². The number of para-hydroxylation sites is 1. The fraction of sp³-hybridized carbons (Fsp3) is 0.160. The molecular weight excluding hydrogens is 363 g/mol. The average Bonchev–Trinajstić information content (AvgIpc) is 3.09. The van der Waals surface area contributed by atoms with Gasteiger partial charge in [0.2, 0.25) is 0 Å².